The number of nitrogens with one attached hydrogen (secondary N) is 1. The molecule has 3 amide bonds. The molecule has 42 heavy (non-hydrogen) atoms. The van der Waals surface area contributed by atoms with Gasteiger partial charge in [0.1, 0.15) is 6.61 Å². The van der Waals surface area contributed by atoms with Crippen LogP contribution in [0.25, 0.3) is 0 Å². The maximum atomic E-state index is 13.4. The predicted molar refractivity (Wildman–Crippen MR) is 140 cm³/mol. The second kappa shape index (κ2) is 12.9. The molecule has 0 saturated carbocycles. The zero-order valence-electron chi connectivity index (χ0n) is 22.9. The summed E-state index contributed by atoms with van der Waals surface area (Å²) in [5.41, 5.74) is -2.21. The second-order valence-electron chi connectivity index (χ2n) is 10.7. The van der Waals surface area contributed by atoms with Crippen molar-refractivity contribution < 1.29 is 45.8 Å². The average molecular weight is 602 g/mol. The fourth-order valence-electron chi connectivity index (χ4n) is 5.53. The predicted octanol–water partition coefficient (Wildman–Crippen LogP) is 5.35. The number of piperidine rings is 2. The second-order valence-corrected chi connectivity index (χ2v) is 10.7. The van der Waals surface area contributed by atoms with E-state index in [0.29, 0.717) is 44.5 Å². The Hall–Kier alpha value is -3.32. The van der Waals surface area contributed by atoms with Crippen molar-refractivity contribution in [1.82, 2.24) is 15.1 Å². The smallest absolute Gasteiger partial charge is 0.387 e. The summed E-state index contributed by atoms with van der Waals surface area (Å²) in [6.45, 7) is 2.18. The molecule has 0 aromatic heterocycles. The van der Waals surface area contributed by atoms with Crippen LogP contribution in [0.1, 0.15) is 60.5 Å². The Bertz CT molecular complexity index is 1200. The summed E-state index contributed by atoms with van der Waals surface area (Å²) in [7, 11) is 0. The van der Waals surface area contributed by atoms with Gasteiger partial charge in [-0.05, 0) is 55.5 Å². The van der Waals surface area contributed by atoms with Crippen LogP contribution in [0.15, 0.2) is 48.5 Å². The first kappa shape index (κ1) is 31.6. The SMILES string of the molecule is C[C@@H](O[C@H]1CCN(C(=O)N2CCC(NC(=O)CO)CC2)C[C@H]1c1ccccc1)c1cc(C(F)(F)F)cc(C(F)(F)F)c1. The molecule has 3 atom stereocenters. The van der Waals surface area contributed by atoms with Crippen LogP contribution in [0.5, 0.6) is 0 Å². The number of aliphatic hydroxyl groups is 1. The van der Waals surface area contributed by atoms with E-state index in [1.54, 1.807) is 9.80 Å². The van der Waals surface area contributed by atoms with Crippen molar-refractivity contribution in [2.75, 3.05) is 32.8 Å². The number of halogens is 6. The van der Waals surface area contributed by atoms with Crippen molar-refractivity contribution in [2.45, 2.75) is 62.7 Å². The molecule has 2 aromatic carbocycles. The third kappa shape index (κ3) is 7.74. The molecule has 0 bridgehead atoms. The van der Waals surface area contributed by atoms with Gasteiger partial charge in [-0.15, -0.1) is 0 Å². The molecule has 0 radical (unpaired) electrons. The molecule has 0 spiro atoms. The normalized spacial score (nSPS) is 21.2. The van der Waals surface area contributed by atoms with Crippen LogP contribution in [0.4, 0.5) is 31.1 Å². The van der Waals surface area contributed by atoms with Gasteiger partial charge < -0.3 is 25.0 Å². The number of likely N-dealkylation sites (tertiary alicyclic amines) is 2. The minimum absolute atomic E-state index is 0.0937. The molecule has 230 valence electrons. The quantitative estimate of drug-likeness (QED) is 0.438. The number of hydrogen-bond donors (Lipinski definition) is 2. The van der Waals surface area contributed by atoms with Crippen molar-refractivity contribution in [3.63, 3.8) is 0 Å². The number of hydrogen-bond acceptors (Lipinski definition) is 4. The summed E-state index contributed by atoms with van der Waals surface area (Å²) in [6, 6.07) is 10.3. The van der Waals surface area contributed by atoms with Gasteiger partial charge >= 0.3 is 18.4 Å². The molecule has 13 heteroatoms. The zero-order valence-corrected chi connectivity index (χ0v) is 22.9. The third-order valence-corrected chi connectivity index (χ3v) is 7.78. The molecule has 2 aliphatic rings. The first-order valence-corrected chi connectivity index (χ1v) is 13.7. The average Bonchev–Trinajstić information content (AvgIpc) is 2.96. The van der Waals surface area contributed by atoms with Gasteiger partial charge in [0.15, 0.2) is 0 Å². The van der Waals surface area contributed by atoms with Crippen LogP contribution in [-0.2, 0) is 21.9 Å². The topological polar surface area (TPSA) is 82.1 Å². The third-order valence-electron chi connectivity index (χ3n) is 7.78. The molecule has 2 heterocycles. The van der Waals surface area contributed by atoms with Crippen LogP contribution >= 0.6 is 0 Å². The summed E-state index contributed by atoms with van der Waals surface area (Å²) in [4.78, 5) is 28.2. The number of rotatable bonds is 6. The highest BCUT2D eigenvalue weighted by atomic mass is 19.4. The number of benzene rings is 2. The number of carbonyl (C=O) groups excluding carboxylic acids is 2. The van der Waals surface area contributed by atoms with Crippen molar-refractivity contribution in [2.24, 2.45) is 0 Å². The lowest BCUT2D eigenvalue weighted by molar-refractivity contribution is -0.143. The maximum Gasteiger partial charge on any atom is 0.416 e. The van der Waals surface area contributed by atoms with E-state index in [9.17, 15) is 35.9 Å². The van der Waals surface area contributed by atoms with E-state index in [4.69, 9.17) is 9.84 Å². The van der Waals surface area contributed by atoms with E-state index in [1.807, 2.05) is 30.3 Å². The molecular weight excluding hydrogens is 568 g/mol. The van der Waals surface area contributed by atoms with Crippen LogP contribution in [0, 0.1) is 0 Å². The number of aliphatic hydroxyl groups excluding tert-OH is 1. The number of nitrogens with zero attached hydrogens (tertiary/aromatic N) is 2. The van der Waals surface area contributed by atoms with E-state index in [0.717, 1.165) is 5.56 Å². The van der Waals surface area contributed by atoms with E-state index in [-0.39, 0.29) is 42.7 Å². The van der Waals surface area contributed by atoms with Gasteiger partial charge in [-0.1, -0.05) is 30.3 Å². The van der Waals surface area contributed by atoms with Crippen molar-refractivity contribution >= 4 is 11.9 Å². The number of ether oxygens (including phenoxy) is 1. The van der Waals surface area contributed by atoms with Gasteiger partial charge in [-0.2, -0.15) is 26.3 Å². The highest BCUT2D eigenvalue weighted by Gasteiger charge is 2.39. The lowest BCUT2D eigenvalue weighted by Crippen LogP contribution is -2.54. The molecule has 2 fully saturated rings. The lowest BCUT2D eigenvalue weighted by atomic mass is 9.87. The first-order valence-electron chi connectivity index (χ1n) is 13.7. The summed E-state index contributed by atoms with van der Waals surface area (Å²) < 4.78 is 86.7. The molecule has 0 aliphatic carbocycles. The zero-order chi connectivity index (χ0) is 30.7. The summed E-state index contributed by atoms with van der Waals surface area (Å²) >= 11 is 0. The minimum Gasteiger partial charge on any atom is -0.387 e. The number of urea groups is 1. The molecule has 0 unspecified atom stereocenters. The van der Waals surface area contributed by atoms with Gasteiger partial charge in [0.25, 0.3) is 0 Å². The number of alkyl halides is 6. The summed E-state index contributed by atoms with van der Waals surface area (Å²) in [5, 5.41) is 11.7. The Balaban J connectivity index is 1.50. The van der Waals surface area contributed by atoms with Gasteiger partial charge in [0.2, 0.25) is 5.91 Å². The molecular formula is C29H33F6N3O4. The Morgan fingerprint density at radius 2 is 1.50 bits per heavy atom. The van der Waals surface area contributed by atoms with Crippen molar-refractivity contribution in [3.05, 3.63) is 70.8 Å². The van der Waals surface area contributed by atoms with Crippen molar-refractivity contribution in [3.8, 4) is 0 Å². The molecule has 2 saturated heterocycles. The highest BCUT2D eigenvalue weighted by Crippen LogP contribution is 2.39. The van der Waals surface area contributed by atoms with Crippen LogP contribution in [0.2, 0.25) is 0 Å². The van der Waals surface area contributed by atoms with Crippen LogP contribution in [0.3, 0.4) is 0 Å². The van der Waals surface area contributed by atoms with E-state index < -0.39 is 48.2 Å². The Morgan fingerprint density at radius 1 is 0.929 bits per heavy atom. The van der Waals surface area contributed by atoms with Gasteiger partial charge in [-0.25, -0.2) is 4.79 Å². The Kier molecular flexibility index (Phi) is 9.71. The van der Waals surface area contributed by atoms with E-state index in [1.165, 1.54) is 6.92 Å². The van der Waals surface area contributed by atoms with Crippen LogP contribution in [-0.4, -0.2) is 71.8 Å². The fourth-order valence-corrected chi connectivity index (χ4v) is 5.53. The van der Waals surface area contributed by atoms with E-state index in [2.05, 4.69) is 5.32 Å². The standard InChI is InChI=1S/C29H33F6N3O4/c1-18(20-13-21(28(30,31)32)15-22(14-20)29(33,34)35)42-25-9-12-38(16-24(25)19-5-3-2-4-6-19)27(41)37-10-7-23(8-11-37)36-26(40)17-39/h2-6,13-15,18,23-25,39H,7-12,16-17H2,1H3,(H,36,40)/t18-,24+,25+/m1/s1. The summed E-state index contributed by atoms with van der Waals surface area (Å²) in [5.74, 6) is -0.845. The molecule has 2 aromatic rings. The van der Waals surface area contributed by atoms with E-state index >= 15 is 0 Å². The lowest BCUT2D eigenvalue weighted by Gasteiger charge is -2.42. The molecule has 2 N–H and O–H groups in total. The maximum absolute atomic E-state index is 13.4. The fraction of sp³-hybridized carbons (Fsp3) is 0.517. The largest absolute Gasteiger partial charge is 0.416 e. The highest BCUT2D eigenvalue weighted by molar-refractivity contribution is 5.77. The number of amides is 3. The number of carbonyl (C=O) groups is 2. The summed E-state index contributed by atoms with van der Waals surface area (Å²) in [6.07, 6.45) is -10.2. The molecule has 2 aliphatic heterocycles. The first-order chi connectivity index (χ1) is 19.8. The monoisotopic (exact) mass is 601 g/mol. The van der Waals surface area contributed by atoms with Gasteiger partial charge in [0, 0.05) is 38.1 Å². The van der Waals surface area contributed by atoms with Crippen molar-refractivity contribution in [1.29, 1.82) is 0 Å². The van der Waals surface area contributed by atoms with Gasteiger partial charge in [-0.3, -0.25) is 4.79 Å². The van der Waals surface area contributed by atoms with Gasteiger partial charge in [0.05, 0.1) is 23.3 Å². The van der Waals surface area contributed by atoms with Crippen LogP contribution < -0.4 is 5.32 Å². The Morgan fingerprint density at radius 3 is 2.05 bits per heavy atom. The Labute approximate surface area is 239 Å². The molecule has 4 rings (SSSR count). The molecule has 7 nitrogen and oxygen atoms in total. The minimum atomic E-state index is -4.97.